The molecule has 5 atom stereocenters. The van der Waals surface area contributed by atoms with Crippen LogP contribution in [0.2, 0.25) is 0 Å². The lowest BCUT2D eigenvalue weighted by Gasteiger charge is -2.35. The van der Waals surface area contributed by atoms with Gasteiger partial charge in [-0.05, 0) is 48.9 Å². The number of fused-ring (bicyclic) bond motifs is 3. The number of benzene rings is 2. The highest BCUT2D eigenvalue weighted by Gasteiger charge is 2.62. The SMILES string of the molecule is C=C[C@@H]1C[C@]1(NC(=O)[C@@H]1C[C@@H](Oc2nc(-c3ccc(C(F)(F)F)cc3)nc3c2oc2ccccc23)CN1C(=O)[C@@H](Nc1nc(C(=O)OC)cs1)C(C)(C)C)C(=O)NS(=O)(=O)C1CC1. The normalized spacial score (nSPS) is 21.8. The maximum atomic E-state index is 14.9. The van der Waals surface area contributed by atoms with Gasteiger partial charge in [-0.15, -0.1) is 17.9 Å². The highest BCUT2D eigenvalue weighted by molar-refractivity contribution is 7.91. The van der Waals surface area contributed by atoms with Crippen LogP contribution in [0.5, 0.6) is 5.88 Å². The summed E-state index contributed by atoms with van der Waals surface area (Å²) in [5, 5.41) is 7.43. The van der Waals surface area contributed by atoms with Crippen LogP contribution in [0.1, 0.15) is 62.5 Å². The minimum Gasteiger partial charge on any atom is -0.470 e. The van der Waals surface area contributed by atoms with Crippen LogP contribution in [0.4, 0.5) is 18.3 Å². The molecule has 2 aliphatic carbocycles. The predicted molar refractivity (Wildman–Crippen MR) is 224 cm³/mol. The number of aromatic nitrogens is 3. The van der Waals surface area contributed by atoms with E-state index in [9.17, 15) is 40.8 Å². The molecule has 16 nitrogen and oxygen atoms in total. The summed E-state index contributed by atoms with van der Waals surface area (Å²) in [5.74, 6) is -3.64. The molecule has 21 heteroatoms. The van der Waals surface area contributed by atoms with E-state index in [2.05, 4.69) is 36.9 Å². The number of halogens is 3. The Hall–Kier alpha value is -6.09. The van der Waals surface area contributed by atoms with Gasteiger partial charge in [0.05, 0.1) is 24.5 Å². The van der Waals surface area contributed by atoms with Crippen molar-refractivity contribution in [3.05, 3.63) is 77.8 Å². The summed E-state index contributed by atoms with van der Waals surface area (Å²) in [4.78, 5) is 70.1. The van der Waals surface area contributed by atoms with E-state index in [-0.39, 0.29) is 53.1 Å². The molecule has 1 saturated heterocycles. The van der Waals surface area contributed by atoms with Crippen molar-refractivity contribution in [3.8, 4) is 17.3 Å². The topological polar surface area (TPSA) is 212 Å². The zero-order chi connectivity index (χ0) is 45.2. The molecule has 4 heterocycles. The molecule has 3 fully saturated rings. The fraction of sp³-hybridized carbons (Fsp3) is 0.405. The largest absolute Gasteiger partial charge is 0.470 e. The molecule has 3 aliphatic rings. The second-order valence-electron chi connectivity index (χ2n) is 16.8. The number of methoxy groups -OCH3 is 1. The van der Waals surface area contributed by atoms with Crippen molar-refractivity contribution < 1.29 is 54.7 Å². The minimum atomic E-state index is -4.58. The molecule has 2 aromatic carbocycles. The smallest absolute Gasteiger partial charge is 0.416 e. The molecule has 3 aromatic heterocycles. The summed E-state index contributed by atoms with van der Waals surface area (Å²) < 4.78 is 85.7. The summed E-state index contributed by atoms with van der Waals surface area (Å²) in [6, 6.07) is 8.88. The van der Waals surface area contributed by atoms with Crippen molar-refractivity contribution >= 4 is 72.3 Å². The van der Waals surface area contributed by atoms with Gasteiger partial charge in [0.25, 0.3) is 11.8 Å². The molecule has 2 saturated carbocycles. The summed E-state index contributed by atoms with van der Waals surface area (Å²) in [7, 11) is -2.78. The molecule has 8 rings (SSSR count). The molecular weight excluding hydrogens is 868 g/mol. The Balaban J connectivity index is 1.15. The Labute approximate surface area is 362 Å². The van der Waals surface area contributed by atoms with Crippen molar-refractivity contribution in [1.82, 2.24) is 29.9 Å². The Bertz CT molecular complexity index is 2770. The molecule has 1 aliphatic heterocycles. The lowest BCUT2D eigenvalue weighted by molar-refractivity contribution is -0.141. The zero-order valence-electron chi connectivity index (χ0n) is 34.3. The van der Waals surface area contributed by atoms with Gasteiger partial charge in [0.2, 0.25) is 27.4 Å². The molecule has 3 N–H and O–H groups in total. The Kier molecular flexibility index (Phi) is 11.0. The van der Waals surface area contributed by atoms with E-state index in [4.69, 9.17) is 13.9 Å². The second kappa shape index (κ2) is 15.9. The highest BCUT2D eigenvalue weighted by Crippen LogP contribution is 2.46. The van der Waals surface area contributed by atoms with Crippen LogP contribution in [-0.4, -0.2) is 94.6 Å². The molecule has 63 heavy (non-hydrogen) atoms. The van der Waals surface area contributed by atoms with Crippen LogP contribution in [0.3, 0.4) is 0 Å². The standard InChI is InChI=1S/C42H42F3N7O9S2/c1-6-22-18-41(22,38(56)51-63(57,58)25-15-16-25)50-34(53)28-17-24(19-52(28)36(54)32(40(2,3)4)48-39-46-27(20-62-39)37(55)59-5)60-35-31-30(26-9-7-8-10-29(26)61-31)47-33(49-35)21-11-13-23(14-12-21)42(43,44)45/h6-14,20,22,24-25,28,32H,1,15-19H2,2-5H3,(H,46,48)(H,50,53)(H,51,56)/t22-,24-,28+,32-,41-/m1/s1. The number of nitrogens with zero attached hydrogens (tertiary/aromatic N) is 4. The third kappa shape index (κ3) is 8.54. The van der Waals surface area contributed by atoms with Gasteiger partial charge >= 0.3 is 12.1 Å². The number of alkyl halides is 3. The first-order chi connectivity index (χ1) is 29.7. The summed E-state index contributed by atoms with van der Waals surface area (Å²) >= 11 is 1.06. The first kappa shape index (κ1) is 43.6. The number of anilines is 1. The first-order valence-corrected chi connectivity index (χ1v) is 22.3. The van der Waals surface area contributed by atoms with Gasteiger partial charge in [-0.1, -0.05) is 51.1 Å². The van der Waals surface area contributed by atoms with Gasteiger partial charge in [-0.3, -0.25) is 19.1 Å². The third-order valence-electron chi connectivity index (χ3n) is 11.3. The quantitative estimate of drug-likeness (QED) is 0.0936. The molecule has 0 radical (unpaired) electrons. The van der Waals surface area contributed by atoms with Crippen LogP contribution >= 0.6 is 11.3 Å². The molecule has 3 amide bonds. The van der Waals surface area contributed by atoms with Crippen LogP contribution in [0.15, 0.2) is 71.0 Å². The van der Waals surface area contributed by atoms with Crippen molar-refractivity contribution in [2.75, 3.05) is 19.0 Å². The number of hydrogen-bond acceptors (Lipinski definition) is 14. The van der Waals surface area contributed by atoms with Crippen LogP contribution in [0.25, 0.3) is 33.5 Å². The summed E-state index contributed by atoms with van der Waals surface area (Å²) in [6.45, 7) is 8.92. The number of hydrogen-bond donors (Lipinski definition) is 3. The van der Waals surface area contributed by atoms with Gasteiger partial charge in [-0.2, -0.15) is 18.2 Å². The van der Waals surface area contributed by atoms with Gasteiger partial charge in [-0.25, -0.2) is 23.2 Å². The number of carbonyl (C=O) groups is 4. The molecule has 0 bridgehead atoms. The van der Waals surface area contributed by atoms with E-state index in [0.29, 0.717) is 29.3 Å². The van der Waals surface area contributed by atoms with E-state index < -0.39 is 85.8 Å². The van der Waals surface area contributed by atoms with E-state index in [1.807, 2.05) is 0 Å². The van der Waals surface area contributed by atoms with Gasteiger partial charge in [0.1, 0.15) is 34.8 Å². The second-order valence-corrected chi connectivity index (χ2v) is 19.7. The van der Waals surface area contributed by atoms with Gasteiger partial charge < -0.3 is 29.4 Å². The number of sulfonamides is 1. The number of amides is 3. The van der Waals surface area contributed by atoms with E-state index in [1.165, 1.54) is 35.6 Å². The average Bonchev–Trinajstić information content (AvgIpc) is 4.07. The number of likely N-dealkylation sites (tertiary alicyclic amines) is 1. The number of para-hydroxylation sites is 1. The number of thiazole rings is 1. The molecule has 332 valence electrons. The average molecular weight is 910 g/mol. The summed E-state index contributed by atoms with van der Waals surface area (Å²) in [5.41, 5.74) is -2.28. The van der Waals surface area contributed by atoms with Crippen molar-refractivity contribution in [2.45, 2.75) is 81.6 Å². The van der Waals surface area contributed by atoms with Crippen LogP contribution < -0.4 is 20.1 Å². The number of carbonyl (C=O) groups excluding carboxylic acids is 4. The van der Waals surface area contributed by atoms with Crippen molar-refractivity contribution in [1.29, 1.82) is 0 Å². The monoisotopic (exact) mass is 909 g/mol. The predicted octanol–water partition coefficient (Wildman–Crippen LogP) is 5.85. The molecule has 0 spiro atoms. The van der Waals surface area contributed by atoms with Gasteiger partial charge in [0.15, 0.2) is 16.6 Å². The molecule has 5 aromatic rings. The maximum Gasteiger partial charge on any atom is 0.416 e. The van der Waals surface area contributed by atoms with Crippen LogP contribution in [0, 0.1) is 11.3 Å². The number of rotatable bonds is 13. The fourth-order valence-corrected chi connectivity index (χ4v) is 9.68. The van der Waals surface area contributed by atoms with Crippen LogP contribution in [-0.2, 0) is 35.3 Å². The van der Waals surface area contributed by atoms with E-state index in [1.54, 1.807) is 45.0 Å². The Morgan fingerprint density at radius 3 is 2.40 bits per heavy atom. The molecule has 0 unspecified atom stereocenters. The zero-order valence-corrected chi connectivity index (χ0v) is 35.9. The Morgan fingerprint density at radius 2 is 1.76 bits per heavy atom. The fourth-order valence-electron chi connectivity index (χ4n) is 7.61. The number of nitrogens with one attached hydrogen (secondary N) is 3. The minimum absolute atomic E-state index is 0.0166. The summed E-state index contributed by atoms with van der Waals surface area (Å²) in [6.07, 6.45) is -3.39. The highest BCUT2D eigenvalue weighted by atomic mass is 32.2. The first-order valence-electron chi connectivity index (χ1n) is 19.9. The molecular formula is C42H42F3N7O9S2. The maximum absolute atomic E-state index is 14.9. The number of furan rings is 1. The van der Waals surface area contributed by atoms with Gasteiger partial charge in [0, 0.05) is 28.7 Å². The van der Waals surface area contributed by atoms with Crippen molar-refractivity contribution in [2.24, 2.45) is 11.3 Å². The number of ether oxygens (including phenoxy) is 2. The third-order valence-corrected chi connectivity index (χ3v) is 13.9. The lowest BCUT2D eigenvalue weighted by Crippen LogP contribution is -2.58. The van der Waals surface area contributed by atoms with Crippen molar-refractivity contribution in [3.63, 3.8) is 0 Å². The van der Waals surface area contributed by atoms with E-state index >= 15 is 0 Å². The Morgan fingerprint density at radius 1 is 1.05 bits per heavy atom. The number of esters is 1. The lowest BCUT2D eigenvalue weighted by atomic mass is 9.85. The van der Waals surface area contributed by atoms with E-state index in [0.717, 1.165) is 23.5 Å².